The summed E-state index contributed by atoms with van der Waals surface area (Å²) in [5.74, 6) is 1.23. The van der Waals surface area contributed by atoms with Gasteiger partial charge < -0.3 is 14.6 Å². The normalized spacial score (nSPS) is 17.1. The lowest BCUT2D eigenvalue weighted by Gasteiger charge is -2.10. The van der Waals surface area contributed by atoms with Crippen molar-refractivity contribution in [3.05, 3.63) is 41.7 Å². The Hall–Kier alpha value is -1.86. The maximum atomic E-state index is 11.9. The van der Waals surface area contributed by atoms with Crippen molar-refractivity contribution in [3.63, 3.8) is 0 Å². The highest BCUT2D eigenvalue weighted by atomic mass is 32.2. The average Bonchev–Trinajstić information content (AvgIpc) is 3.23. The summed E-state index contributed by atoms with van der Waals surface area (Å²) >= 11 is 1.41. The van der Waals surface area contributed by atoms with Crippen LogP contribution < -0.4 is 5.32 Å². The number of benzene rings is 1. The van der Waals surface area contributed by atoms with Gasteiger partial charge in [0.25, 0.3) is 0 Å². The highest BCUT2D eigenvalue weighted by Crippen LogP contribution is 2.17. The van der Waals surface area contributed by atoms with Crippen LogP contribution in [0.4, 0.5) is 0 Å². The quantitative estimate of drug-likeness (QED) is 0.774. The van der Waals surface area contributed by atoms with Gasteiger partial charge in [0.05, 0.1) is 11.9 Å². The van der Waals surface area contributed by atoms with Gasteiger partial charge in [-0.25, -0.2) is 0 Å². The molecule has 128 valence electrons. The van der Waals surface area contributed by atoms with Crippen LogP contribution in [0.3, 0.4) is 0 Å². The summed E-state index contributed by atoms with van der Waals surface area (Å²) in [7, 11) is 1.94. The van der Waals surface area contributed by atoms with Crippen LogP contribution >= 0.6 is 11.8 Å². The molecule has 1 saturated heterocycles. The first-order chi connectivity index (χ1) is 11.7. The molecule has 1 atom stereocenters. The number of carbonyl (C=O) groups is 1. The van der Waals surface area contributed by atoms with E-state index in [2.05, 4.69) is 27.6 Å². The first kappa shape index (κ1) is 17.0. The molecular formula is C17H22N4O2S. The SMILES string of the molecule is Cn1c(Cc2ccccc2)nnc1SCC(=O)NC[C@H]1CCCO1. The highest BCUT2D eigenvalue weighted by molar-refractivity contribution is 7.99. The fourth-order valence-electron chi connectivity index (χ4n) is 2.62. The molecule has 1 fully saturated rings. The minimum absolute atomic E-state index is 0.00288. The number of nitrogens with one attached hydrogen (secondary N) is 1. The highest BCUT2D eigenvalue weighted by Gasteiger charge is 2.17. The second-order valence-corrected chi connectivity index (χ2v) is 6.79. The topological polar surface area (TPSA) is 69.0 Å². The largest absolute Gasteiger partial charge is 0.376 e. The molecule has 0 aliphatic carbocycles. The van der Waals surface area contributed by atoms with Crippen LogP contribution in [-0.2, 0) is 23.0 Å². The number of ether oxygens (including phenoxy) is 1. The zero-order valence-electron chi connectivity index (χ0n) is 13.8. The number of aromatic nitrogens is 3. The molecule has 0 saturated carbocycles. The third-order valence-electron chi connectivity index (χ3n) is 4.01. The third-order valence-corrected chi connectivity index (χ3v) is 5.03. The minimum atomic E-state index is 0.00288. The van der Waals surface area contributed by atoms with Crippen molar-refractivity contribution in [3.8, 4) is 0 Å². The summed E-state index contributed by atoms with van der Waals surface area (Å²) in [4.78, 5) is 11.9. The summed E-state index contributed by atoms with van der Waals surface area (Å²) in [5.41, 5.74) is 1.19. The van der Waals surface area contributed by atoms with E-state index in [4.69, 9.17) is 4.74 Å². The zero-order valence-corrected chi connectivity index (χ0v) is 14.6. The van der Waals surface area contributed by atoms with Gasteiger partial charge >= 0.3 is 0 Å². The van der Waals surface area contributed by atoms with Crippen molar-refractivity contribution >= 4 is 17.7 Å². The van der Waals surface area contributed by atoms with E-state index in [1.54, 1.807) is 0 Å². The zero-order chi connectivity index (χ0) is 16.8. The smallest absolute Gasteiger partial charge is 0.230 e. The second-order valence-electron chi connectivity index (χ2n) is 5.85. The van der Waals surface area contributed by atoms with E-state index < -0.39 is 0 Å². The number of hydrogen-bond acceptors (Lipinski definition) is 5. The maximum absolute atomic E-state index is 11.9. The standard InChI is InChI=1S/C17H22N4O2S/c1-21-15(10-13-6-3-2-4-7-13)19-20-17(21)24-12-16(22)18-11-14-8-5-9-23-14/h2-4,6-7,14H,5,8-12H2,1H3,(H,18,22)/t14-/m1/s1. The van der Waals surface area contributed by atoms with E-state index in [0.29, 0.717) is 12.3 Å². The lowest BCUT2D eigenvalue weighted by Crippen LogP contribution is -2.32. The van der Waals surface area contributed by atoms with Crippen LogP contribution in [0.1, 0.15) is 24.2 Å². The van der Waals surface area contributed by atoms with Gasteiger partial charge in [-0.15, -0.1) is 10.2 Å². The van der Waals surface area contributed by atoms with E-state index in [9.17, 15) is 4.79 Å². The second kappa shape index (κ2) is 8.30. The molecular weight excluding hydrogens is 324 g/mol. The van der Waals surface area contributed by atoms with Gasteiger partial charge in [-0.3, -0.25) is 4.79 Å². The Labute approximate surface area is 146 Å². The molecule has 2 aromatic rings. The van der Waals surface area contributed by atoms with Crippen LogP contribution in [-0.4, -0.2) is 45.7 Å². The van der Waals surface area contributed by atoms with Gasteiger partial charge in [-0.2, -0.15) is 0 Å². The molecule has 1 aliphatic rings. The summed E-state index contributed by atoms with van der Waals surface area (Å²) in [6.07, 6.45) is 3.01. The summed E-state index contributed by atoms with van der Waals surface area (Å²) < 4.78 is 7.45. The Morgan fingerprint density at radius 2 is 2.21 bits per heavy atom. The number of carbonyl (C=O) groups excluding carboxylic acids is 1. The van der Waals surface area contributed by atoms with Crippen LogP contribution in [0.5, 0.6) is 0 Å². The van der Waals surface area contributed by atoms with Gasteiger partial charge in [-0.1, -0.05) is 42.1 Å². The molecule has 1 aliphatic heterocycles. The average molecular weight is 346 g/mol. The van der Waals surface area contributed by atoms with Crippen molar-refractivity contribution < 1.29 is 9.53 Å². The Morgan fingerprint density at radius 1 is 1.38 bits per heavy atom. The Morgan fingerprint density at radius 3 is 2.96 bits per heavy atom. The molecule has 0 radical (unpaired) electrons. The van der Waals surface area contributed by atoms with E-state index in [0.717, 1.165) is 36.9 Å². The van der Waals surface area contributed by atoms with Crippen LogP contribution in [0.15, 0.2) is 35.5 Å². The number of nitrogens with zero attached hydrogens (tertiary/aromatic N) is 3. The van der Waals surface area contributed by atoms with Gasteiger partial charge in [0, 0.05) is 26.6 Å². The Balaban J connectivity index is 1.47. The molecule has 1 amide bonds. The third kappa shape index (κ3) is 4.58. The predicted octanol–water partition coefficient (Wildman–Crippen LogP) is 1.79. The van der Waals surface area contributed by atoms with Crippen LogP contribution in [0.2, 0.25) is 0 Å². The summed E-state index contributed by atoms with van der Waals surface area (Å²) in [6.45, 7) is 1.40. The predicted molar refractivity (Wildman–Crippen MR) is 93.0 cm³/mol. The number of rotatable bonds is 7. The van der Waals surface area contributed by atoms with Crippen molar-refractivity contribution in [1.29, 1.82) is 0 Å². The molecule has 0 unspecified atom stereocenters. The van der Waals surface area contributed by atoms with Gasteiger partial charge in [0.1, 0.15) is 5.82 Å². The van der Waals surface area contributed by atoms with Gasteiger partial charge in [-0.05, 0) is 18.4 Å². The Kier molecular flexibility index (Phi) is 5.87. The lowest BCUT2D eigenvalue weighted by molar-refractivity contribution is -0.119. The van der Waals surface area contributed by atoms with Gasteiger partial charge in [0.2, 0.25) is 5.91 Å². The first-order valence-corrected chi connectivity index (χ1v) is 9.14. The lowest BCUT2D eigenvalue weighted by atomic mass is 10.1. The van der Waals surface area contributed by atoms with Crippen molar-refractivity contribution in [2.45, 2.75) is 30.5 Å². The fraction of sp³-hybridized carbons (Fsp3) is 0.471. The van der Waals surface area contributed by atoms with Gasteiger partial charge in [0.15, 0.2) is 5.16 Å². The van der Waals surface area contributed by atoms with E-state index in [1.165, 1.54) is 17.3 Å². The fourth-order valence-corrected chi connectivity index (χ4v) is 3.38. The van der Waals surface area contributed by atoms with Crippen molar-refractivity contribution in [1.82, 2.24) is 20.1 Å². The molecule has 6 nitrogen and oxygen atoms in total. The molecule has 0 bridgehead atoms. The summed E-state index contributed by atoms with van der Waals surface area (Å²) in [6, 6.07) is 10.2. The molecule has 1 aromatic carbocycles. The minimum Gasteiger partial charge on any atom is -0.376 e. The van der Waals surface area contributed by atoms with E-state index >= 15 is 0 Å². The molecule has 7 heteroatoms. The van der Waals surface area contributed by atoms with E-state index in [1.807, 2.05) is 29.8 Å². The Bertz CT molecular complexity index is 668. The van der Waals surface area contributed by atoms with Crippen LogP contribution in [0, 0.1) is 0 Å². The van der Waals surface area contributed by atoms with E-state index in [-0.39, 0.29) is 12.0 Å². The molecule has 2 heterocycles. The molecule has 0 spiro atoms. The number of hydrogen-bond donors (Lipinski definition) is 1. The molecule has 24 heavy (non-hydrogen) atoms. The summed E-state index contributed by atoms with van der Waals surface area (Å²) in [5, 5.41) is 12.1. The molecule has 1 aromatic heterocycles. The maximum Gasteiger partial charge on any atom is 0.230 e. The molecule has 3 rings (SSSR count). The first-order valence-electron chi connectivity index (χ1n) is 8.15. The molecule has 1 N–H and O–H groups in total. The number of thioether (sulfide) groups is 1. The monoisotopic (exact) mass is 346 g/mol. The van der Waals surface area contributed by atoms with Crippen molar-refractivity contribution in [2.24, 2.45) is 7.05 Å². The van der Waals surface area contributed by atoms with Crippen molar-refractivity contribution in [2.75, 3.05) is 18.9 Å². The number of amides is 1. The van der Waals surface area contributed by atoms with Crippen LogP contribution in [0.25, 0.3) is 0 Å².